The Hall–Kier alpha value is -2.14. The van der Waals surface area contributed by atoms with E-state index in [0.29, 0.717) is 12.4 Å². The molecule has 1 aromatic carbocycles. The lowest BCUT2D eigenvalue weighted by Crippen LogP contribution is -2.08. The Balaban J connectivity index is 2.64. The lowest BCUT2D eigenvalue weighted by molar-refractivity contribution is 0.392. The van der Waals surface area contributed by atoms with Crippen molar-refractivity contribution < 1.29 is 4.74 Å². The van der Waals surface area contributed by atoms with Gasteiger partial charge in [0, 0.05) is 12.1 Å². The standard InChI is InChI=1S/C12H14N4O/c1-17-11-9(7-13)10(15-12(14)16-11)8-5-3-2-4-6-8/h2-6H,7,13H2,1H3,(H2,14,15,16). The first-order valence-electron chi connectivity index (χ1n) is 5.22. The Morgan fingerprint density at radius 3 is 2.47 bits per heavy atom. The number of rotatable bonds is 3. The Labute approximate surface area is 99.5 Å². The van der Waals surface area contributed by atoms with Crippen LogP contribution < -0.4 is 16.2 Å². The second kappa shape index (κ2) is 4.80. The number of nitrogens with two attached hydrogens (primary N) is 2. The number of hydrogen-bond acceptors (Lipinski definition) is 5. The Bertz CT molecular complexity index is 513. The summed E-state index contributed by atoms with van der Waals surface area (Å²) in [5.41, 5.74) is 13.8. The molecule has 0 aliphatic carbocycles. The van der Waals surface area contributed by atoms with Crippen LogP contribution in [0.2, 0.25) is 0 Å². The molecule has 0 saturated carbocycles. The van der Waals surface area contributed by atoms with E-state index in [2.05, 4.69) is 9.97 Å². The van der Waals surface area contributed by atoms with E-state index in [1.54, 1.807) is 0 Å². The van der Waals surface area contributed by atoms with Crippen molar-refractivity contribution >= 4 is 5.95 Å². The first-order chi connectivity index (χ1) is 8.26. The van der Waals surface area contributed by atoms with Crippen molar-refractivity contribution in [2.75, 3.05) is 12.8 Å². The van der Waals surface area contributed by atoms with Gasteiger partial charge in [0.25, 0.3) is 0 Å². The molecule has 0 unspecified atom stereocenters. The van der Waals surface area contributed by atoms with E-state index < -0.39 is 0 Å². The smallest absolute Gasteiger partial charge is 0.223 e. The molecule has 0 saturated heterocycles. The molecule has 0 aliphatic heterocycles. The monoisotopic (exact) mass is 230 g/mol. The highest BCUT2D eigenvalue weighted by molar-refractivity contribution is 5.66. The lowest BCUT2D eigenvalue weighted by atomic mass is 10.1. The van der Waals surface area contributed by atoms with Crippen LogP contribution in [0.5, 0.6) is 5.88 Å². The fraction of sp³-hybridized carbons (Fsp3) is 0.167. The fourth-order valence-corrected chi connectivity index (χ4v) is 1.67. The molecule has 1 aromatic heterocycles. The van der Waals surface area contributed by atoms with Crippen LogP contribution in [-0.2, 0) is 6.54 Å². The Morgan fingerprint density at radius 2 is 1.88 bits per heavy atom. The minimum atomic E-state index is 0.179. The van der Waals surface area contributed by atoms with Gasteiger partial charge in [0.05, 0.1) is 18.4 Å². The number of ether oxygens (including phenoxy) is 1. The topological polar surface area (TPSA) is 87.0 Å². The van der Waals surface area contributed by atoms with Crippen molar-refractivity contribution in [3.8, 4) is 17.1 Å². The van der Waals surface area contributed by atoms with Gasteiger partial charge in [0.15, 0.2) is 0 Å². The molecule has 1 heterocycles. The number of aromatic nitrogens is 2. The van der Waals surface area contributed by atoms with Crippen LogP contribution in [0.1, 0.15) is 5.56 Å². The van der Waals surface area contributed by atoms with E-state index in [-0.39, 0.29) is 5.95 Å². The summed E-state index contributed by atoms with van der Waals surface area (Å²) in [6.07, 6.45) is 0. The minimum absolute atomic E-state index is 0.179. The first-order valence-corrected chi connectivity index (χ1v) is 5.22. The molecule has 0 aliphatic rings. The third kappa shape index (κ3) is 2.19. The van der Waals surface area contributed by atoms with E-state index in [9.17, 15) is 0 Å². The third-order valence-corrected chi connectivity index (χ3v) is 2.43. The number of nitrogens with zero attached hydrogens (tertiary/aromatic N) is 2. The Morgan fingerprint density at radius 1 is 1.18 bits per heavy atom. The fourth-order valence-electron chi connectivity index (χ4n) is 1.67. The maximum Gasteiger partial charge on any atom is 0.223 e. The molecule has 0 fully saturated rings. The lowest BCUT2D eigenvalue weighted by Gasteiger charge is -2.11. The van der Waals surface area contributed by atoms with E-state index in [4.69, 9.17) is 16.2 Å². The van der Waals surface area contributed by atoms with E-state index in [0.717, 1.165) is 16.8 Å². The number of nitrogen functional groups attached to an aromatic ring is 1. The highest BCUT2D eigenvalue weighted by atomic mass is 16.5. The molecule has 2 rings (SSSR count). The van der Waals surface area contributed by atoms with Crippen molar-refractivity contribution in [1.82, 2.24) is 9.97 Å². The zero-order valence-corrected chi connectivity index (χ0v) is 9.55. The minimum Gasteiger partial charge on any atom is -0.481 e. The average molecular weight is 230 g/mol. The molecular formula is C12H14N4O. The average Bonchev–Trinajstić information content (AvgIpc) is 2.38. The summed E-state index contributed by atoms with van der Waals surface area (Å²) < 4.78 is 5.17. The first kappa shape index (κ1) is 11.3. The largest absolute Gasteiger partial charge is 0.481 e. The molecule has 2 aromatic rings. The highest BCUT2D eigenvalue weighted by Gasteiger charge is 2.13. The predicted octanol–water partition coefficient (Wildman–Crippen LogP) is 1.19. The van der Waals surface area contributed by atoms with Gasteiger partial charge in [-0.3, -0.25) is 0 Å². The van der Waals surface area contributed by atoms with Gasteiger partial charge in [-0.2, -0.15) is 4.98 Å². The van der Waals surface area contributed by atoms with Crippen molar-refractivity contribution in [3.63, 3.8) is 0 Å². The van der Waals surface area contributed by atoms with Gasteiger partial charge in [0.1, 0.15) is 0 Å². The summed E-state index contributed by atoms with van der Waals surface area (Å²) in [7, 11) is 1.54. The van der Waals surface area contributed by atoms with Gasteiger partial charge in [-0.1, -0.05) is 30.3 Å². The Kier molecular flexibility index (Phi) is 3.20. The molecule has 4 N–H and O–H groups in total. The van der Waals surface area contributed by atoms with Crippen molar-refractivity contribution in [2.24, 2.45) is 5.73 Å². The molecule has 0 spiro atoms. The highest BCUT2D eigenvalue weighted by Crippen LogP contribution is 2.27. The van der Waals surface area contributed by atoms with Crippen LogP contribution in [-0.4, -0.2) is 17.1 Å². The summed E-state index contributed by atoms with van der Waals surface area (Å²) in [5.74, 6) is 0.608. The van der Waals surface area contributed by atoms with Crippen LogP contribution in [0.4, 0.5) is 5.95 Å². The van der Waals surface area contributed by atoms with Gasteiger partial charge in [-0.05, 0) is 0 Å². The van der Waals surface area contributed by atoms with Crippen LogP contribution in [0, 0.1) is 0 Å². The molecule has 0 radical (unpaired) electrons. The molecule has 0 amide bonds. The number of methoxy groups -OCH3 is 1. The van der Waals surface area contributed by atoms with E-state index in [1.165, 1.54) is 7.11 Å². The molecular weight excluding hydrogens is 216 g/mol. The van der Waals surface area contributed by atoms with Gasteiger partial charge < -0.3 is 16.2 Å². The predicted molar refractivity (Wildman–Crippen MR) is 66.3 cm³/mol. The maximum atomic E-state index is 5.71. The van der Waals surface area contributed by atoms with Gasteiger partial charge in [-0.25, -0.2) is 4.98 Å². The third-order valence-electron chi connectivity index (χ3n) is 2.43. The molecule has 5 heteroatoms. The summed E-state index contributed by atoms with van der Waals surface area (Å²) in [5, 5.41) is 0. The molecule has 0 atom stereocenters. The molecule has 17 heavy (non-hydrogen) atoms. The van der Waals surface area contributed by atoms with Crippen LogP contribution >= 0.6 is 0 Å². The molecule has 88 valence electrons. The van der Waals surface area contributed by atoms with Gasteiger partial charge >= 0.3 is 0 Å². The number of benzene rings is 1. The quantitative estimate of drug-likeness (QED) is 0.827. The summed E-state index contributed by atoms with van der Waals surface area (Å²) >= 11 is 0. The van der Waals surface area contributed by atoms with Crippen molar-refractivity contribution in [3.05, 3.63) is 35.9 Å². The second-order valence-electron chi connectivity index (χ2n) is 3.49. The van der Waals surface area contributed by atoms with E-state index in [1.807, 2.05) is 30.3 Å². The van der Waals surface area contributed by atoms with Crippen LogP contribution in [0.3, 0.4) is 0 Å². The summed E-state index contributed by atoms with van der Waals surface area (Å²) in [4.78, 5) is 8.24. The maximum absolute atomic E-state index is 5.71. The zero-order valence-electron chi connectivity index (χ0n) is 9.55. The SMILES string of the molecule is COc1nc(N)nc(-c2ccccc2)c1CN. The second-order valence-corrected chi connectivity index (χ2v) is 3.49. The zero-order chi connectivity index (χ0) is 12.3. The van der Waals surface area contributed by atoms with Gasteiger partial charge in [-0.15, -0.1) is 0 Å². The van der Waals surface area contributed by atoms with Gasteiger partial charge in [0.2, 0.25) is 11.8 Å². The summed E-state index contributed by atoms with van der Waals surface area (Å²) in [6.45, 7) is 0.299. The number of anilines is 1. The van der Waals surface area contributed by atoms with Crippen LogP contribution in [0.25, 0.3) is 11.3 Å². The molecule has 5 nitrogen and oxygen atoms in total. The van der Waals surface area contributed by atoms with Crippen LogP contribution in [0.15, 0.2) is 30.3 Å². The summed E-state index contributed by atoms with van der Waals surface area (Å²) in [6, 6.07) is 9.69. The van der Waals surface area contributed by atoms with Crippen molar-refractivity contribution in [2.45, 2.75) is 6.54 Å². The molecule has 0 bridgehead atoms. The number of hydrogen-bond donors (Lipinski definition) is 2. The van der Waals surface area contributed by atoms with Crippen molar-refractivity contribution in [1.29, 1.82) is 0 Å². The normalized spacial score (nSPS) is 10.2. The van der Waals surface area contributed by atoms with E-state index >= 15 is 0 Å².